The van der Waals surface area contributed by atoms with Crippen molar-refractivity contribution in [2.24, 2.45) is 0 Å². The second kappa shape index (κ2) is 5.04. The van der Waals surface area contributed by atoms with Gasteiger partial charge in [-0.3, -0.25) is 0 Å². The van der Waals surface area contributed by atoms with Gasteiger partial charge in [-0.05, 0) is 20.3 Å². The Bertz CT molecular complexity index is 159. The van der Waals surface area contributed by atoms with E-state index in [1.54, 1.807) is 0 Å². The smallest absolute Gasteiger partial charge is 0.0313 e. The van der Waals surface area contributed by atoms with Crippen LogP contribution in [0, 0.1) is 0 Å². The van der Waals surface area contributed by atoms with E-state index in [2.05, 4.69) is 38.7 Å². The fourth-order valence-corrected chi connectivity index (χ4v) is 0.463. The van der Waals surface area contributed by atoms with E-state index in [0.717, 1.165) is 6.42 Å². The number of hydrogen-bond donors (Lipinski definition) is 0. The molecule has 0 atom stereocenters. The summed E-state index contributed by atoms with van der Waals surface area (Å²) in [6.45, 7) is 10.1. The van der Waals surface area contributed by atoms with Gasteiger partial charge < -0.3 is 0 Å². The predicted octanol–water partition coefficient (Wildman–Crippen LogP) is 3.48. The lowest BCUT2D eigenvalue weighted by Gasteiger charge is -1.91. The molecule has 0 N–H and O–H groups in total. The molecule has 0 nitrogen and oxygen atoms in total. The van der Waals surface area contributed by atoms with E-state index < -0.39 is 0 Å². The molecule has 0 saturated carbocycles. The molecule has 0 saturated heterocycles. The molecule has 0 heterocycles. The molecule has 0 aliphatic carbocycles. The summed E-state index contributed by atoms with van der Waals surface area (Å²) in [5, 5.41) is 0. The summed E-state index contributed by atoms with van der Waals surface area (Å²) < 4.78 is 0. The summed E-state index contributed by atoms with van der Waals surface area (Å²) in [5.41, 5.74) is 2.47. The Morgan fingerprint density at radius 2 is 2.00 bits per heavy atom. The molecule has 0 amide bonds. The highest BCUT2D eigenvalue weighted by molar-refractivity contribution is 5.23. The van der Waals surface area contributed by atoms with Gasteiger partial charge in [-0.2, -0.15) is 0 Å². The molecule has 0 bridgehead atoms. The predicted molar refractivity (Wildman–Crippen MR) is 48.0 cm³/mol. The van der Waals surface area contributed by atoms with Gasteiger partial charge in [0.05, 0.1) is 0 Å². The Kier molecular flexibility index (Phi) is 4.65. The molecule has 0 fully saturated rings. The summed E-state index contributed by atoms with van der Waals surface area (Å²) >= 11 is 0. The fourth-order valence-electron chi connectivity index (χ4n) is 0.463. The molecular formula is C10H16. The average Bonchev–Trinajstić information content (AvgIpc) is 1.99. The van der Waals surface area contributed by atoms with Crippen LogP contribution < -0.4 is 0 Å². The third-order valence-corrected chi connectivity index (χ3v) is 1.49. The van der Waals surface area contributed by atoms with E-state index in [-0.39, 0.29) is 0 Å². The topological polar surface area (TPSA) is 0 Å². The molecule has 0 spiro atoms. The first-order valence-electron chi connectivity index (χ1n) is 3.69. The molecule has 0 aromatic carbocycles. The lowest BCUT2D eigenvalue weighted by atomic mass is 10.2. The first-order valence-corrected chi connectivity index (χ1v) is 3.69. The van der Waals surface area contributed by atoms with Crippen molar-refractivity contribution < 1.29 is 0 Å². The van der Waals surface area contributed by atoms with Crippen LogP contribution in [0.5, 0.6) is 0 Å². The lowest BCUT2D eigenvalue weighted by Crippen LogP contribution is -1.70. The number of hydrogen-bond acceptors (Lipinski definition) is 0. The van der Waals surface area contributed by atoms with Crippen molar-refractivity contribution >= 4 is 0 Å². The van der Waals surface area contributed by atoms with Crippen molar-refractivity contribution in [2.45, 2.75) is 27.2 Å². The van der Waals surface area contributed by atoms with Crippen molar-refractivity contribution in [3.8, 4) is 0 Å². The molecule has 0 aliphatic rings. The maximum absolute atomic E-state index is 3.87. The van der Waals surface area contributed by atoms with Crippen LogP contribution in [0.3, 0.4) is 0 Å². The quantitative estimate of drug-likeness (QED) is 0.521. The Labute approximate surface area is 64.0 Å². The van der Waals surface area contributed by atoms with Gasteiger partial charge in [0.15, 0.2) is 0 Å². The Balaban J connectivity index is 3.88. The first kappa shape index (κ1) is 9.22. The molecular weight excluding hydrogens is 120 g/mol. The van der Waals surface area contributed by atoms with Crippen molar-refractivity contribution in [2.75, 3.05) is 0 Å². The van der Waals surface area contributed by atoms with Crippen molar-refractivity contribution in [3.63, 3.8) is 0 Å². The molecule has 56 valence electrons. The van der Waals surface area contributed by atoms with Crippen molar-refractivity contribution in [1.29, 1.82) is 0 Å². The molecule has 0 heteroatoms. The Hall–Kier alpha value is -0.780. The van der Waals surface area contributed by atoms with Crippen LogP contribution >= 0.6 is 0 Å². The van der Waals surface area contributed by atoms with Gasteiger partial charge in [-0.15, -0.1) is 0 Å². The zero-order chi connectivity index (χ0) is 7.98. The minimum atomic E-state index is 1.04. The van der Waals surface area contributed by atoms with Crippen LogP contribution in [0.1, 0.15) is 27.2 Å². The van der Waals surface area contributed by atoms with Crippen LogP contribution in [0.2, 0.25) is 0 Å². The normalized spacial score (nSPS) is 12.5. The van der Waals surface area contributed by atoms with Gasteiger partial charge in [0.25, 0.3) is 0 Å². The summed E-state index contributed by atoms with van der Waals surface area (Å²) in [4.78, 5) is 0. The summed E-state index contributed by atoms with van der Waals surface area (Å²) in [5.74, 6) is 0. The fraction of sp³-hybridized carbons (Fsp3) is 0.400. The summed E-state index contributed by atoms with van der Waals surface area (Å²) in [6.07, 6.45) is 7.27. The van der Waals surface area contributed by atoms with E-state index in [0.29, 0.717) is 0 Å². The monoisotopic (exact) mass is 136 g/mol. The second-order valence-corrected chi connectivity index (χ2v) is 2.38. The maximum atomic E-state index is 3.87. The van der Waals surface area contributed by atoms with Gasteiger partial charge in [0, 0.05) is 0 Å². The van der Waals surface area contributed by atoms with E-state index in [4.69, 9.17) is 0 Å². The molecule has 0 aromatic heterocycles. The summed E-state index contributed by atoms with van der Waals surface area (Å²) in [7, 11) is 0. The summed E-state index contributed by atoms with van der Waals surface area (Å²) in [6, 6.07) is 0. The second-order valence-electron chi connectivity index (χ2n) is 2.38. The first-order chi connectivity index (χ1) is 4.70. The van der Waals surface area contributed by atoms with Crippen molar-refractivity contribution in [1.82, 2.24) is 0 Å². The van der Waals surface area contributed by atoms with Gasteiger partial charge in [-0.25, -0.2) is 0 Å². The lowest BCUT2D eigenvalue weighted by molar-refractivity contribution is 1.16. The third kappa shape index (κ3) is 4.13. The van der Waals surface area contributed by atoms with Crippen LogP contribution in [0.4, 0.5) is 0 Å². The molecule has 0 rings (SSSR count). The highest BCUT2D eigenvalue weighted by atomic mass is 13.9. The highest BCUT2D eigenvalue weighted by Gasteiger charge is 1.80. The third-order valence-electron chi connectivity index (χ3n) is 1.49. The minimum absolute atomic E-state index is 1.04. The van der Waals surface area contributed by atoms with E-state index >= 15 is 0 Å². The maximum Gasteiger partial charge on any atom is -0.0313 e. The van der Waals surface area contributed by atoms with Gasteiger partial charge in [-0.1, -0.05) is 42.9 Å². The molecule has 0 unspecified atom stereocenters. The SMILES string of the molecule is C=C(C=CC(C)=CC)CC. The minimum Gasteiger partial charge on any atom is -0.0958 e. The van der Waals surface area contributed by atoms with E-state index in [1.807, 2.05) is 6.92 Å². The molecule has 0 aliphatic heterocycles. The Morgan fingerprint density at radius 3 is 2.40 bits per heavy atom. The van der Waals surface area contributed by atoms with Crippen LogP contribution in [-0.4, -0.2) is 0 Å². The molecule has 10 heavy (non-hydrogen) atoms. The number of rotatable bonds is 3. The number of allylic oxidation sites excluding steroid dienone is 5. The van der Waals surface area contributed by atoms with E-state index in [1.165, 1.54) is 11.1 Å². The van der Waals surface area contributed by atoms with E-state index in [9.17, 15) is 0 Å². The van der Waals surface area contributed by atoms with Crippen LogP contribution in [0.15, 0.2) is 36.0 Å². The van der Waals surface area contributed by atoms with Crippen LogP contribution in [0.25, 0.3) is 0 Å². The standard InChI is InChI=1S/C10H16/c1-5-9(3)7-8-10(4)6-2/h6-8H,3,5H2,1-2,4H3. The molecule has 0 aromatic rings. The highest BCUT2D eigenvalue weighted by Crippen LogP contribution is 2.01. The van der Waals surface area contributed by atoms with Gasteiger partial charge in [0.2, 0.25) is 0 Å². The van der Waals surface area contributed by atoms with Crippen molar-refractivity contribution in [3.05, 3.63) is 36.0 Å². The average molecular weight is 136 g/mol. The zero-order valence-corrected chi connectivity index (χ0v) is 7.15. The molecule has 0 radical (unpaired) electrons. The van der Waals surface area contributed by atoms with Crippen LogP contribution in [-0.2, 0) is 0 Å². The largest absolute Gasteiger partial charge is 0.0958 e. The van der Waals surface area contributed by atoms with Gasteiger partial charge >= 0.3 is 0 Å². The van der Waals surface area contributed by atoms with Gasteiger partial charge in [0.1, 0.15) is 0 Å². The Morgan fingerprint density at radius 1 is 1.40 bits per heavy atom. The zero-order valence-electron chi connectivity index (χ0n) is 7.15.